The number of rotatable bonds is 0. The minimum absolute atomic E-state index is 0.264. The molecule has 0 aromatic carbocycles. The third-order valence-corrected chi connectivity index (χ3v) is 0.839. The van der Waals surface area contributed by atoms with Crippen molar-refractivity contribution >= 4 is 0 Å². The summed E-state index contributed by atoms with van der Waals surface area (Å²) >= 11 is 0. The monoisotopic (exact) mass is 98.1 g/mol. The lowest BCUT2D eigenvalue weighted by Crippen LogP contribution is -2.06. The number of nitrogens with zero attached hydrogens (tertiary/aromatic N) is 1. The van der Waals surface area contributed by atoms with Crippen LogP contribution in [-0.4, -0.2) is 6.04 Å². The molecule has 1 unspecified atom stereocenters. The Kier molecular flexibility index (Phi) is 1.02. The highest BCUT2D eigenvalue weighted by Crippen LogP contribution is 2.05. The molecule has 0 saturated heterocycles. The van der Waals surface area contributed by atoms with Crippen molar-refractivity contribution in [1.82, 2.24) is 5.48 Å². The Morgan fingerprint density at radius 1 is 1.86 bits per heavy atom. The van der Waals surface area contributed by atoms with Gasteiger partial charge in [0.15, 0.2) is 0 Å². The molecule has 0 aromatic heterocycles. The molecule has 39 valence electrons. The Morgan fingerprint density at radius 3 is 2.71 bits per heavy atom. The standard InChI is InChI=1S/C5H8NO/c1-4-3-5(2)7-6-4/h3-4H,1-2H3. The molecule has 0 N–H and O–H groups in total. The number of hydrogen-bond donors (Lipinski definition) is 0. The molecule has 0 aliphatic carbocycles. The average Bonchev–Trinajstić information content (AvgIpc) is 1.87. The van der Waals surface area contributed by atoms with Crippen LogP contribution in [0.25, 0.3) is 0 Å². The van der Waals surface area contributed by atoms with Gasteiger partial charge in [-0.15, -0.1) is 0 Å². The van der Waals surface area contributed by atoms with Gasteiger partial charge in [0.1, 0.15) is 5.76 Å². The van der Waals surface area contributed by atoms with Gasteiger partial charge in [0.2, 0.25) is 0 Å². The molecule has 0 spiro atoms. The van der Waals surface area contributed by atoms with E-state index in [0.29, 0.717) is 0 Å². The van der Waals surface area contributed by atoms with E-state index >= 15 is 0 Å². The second-order valence-corrected chi connectivity index (χ2v) is 1.71. The lowest BCUT2D eigenvalue weighted by Gasteiger charge is -1.91. The van der Waals surface area contributed by atoms with E-state index < -0.39 is 0 Å². The molecule has 0 bridgehead atoms. The molecule has 7 heavy (non-hydrogen) atoms. The van der Waals surface area contributed by atoms with Gasteiger partial charge in [-0.05, 0) is 25.4 Å². The first-order valence-electron chi connectivity index (χ1n) is 2.34. The summed E-state index contributed by atoms with van der Waals surface area (Å²) < 4.78 is 0. The van der Waals surface area contributed by atoms with Crippen LogP contribution in [0.1, 0.15) is 13.8 Å². The molecule has 1 rings (SSSR count). The fraction of sp³-hybridized carbons (Fsp3) is 0.600. The van der Waals surface area contributed by atoms with Crippen LogP contribution in [0.15, 0.2) is 11.8 Å². The lowest BCUT2D eigenvalue weighted by atomic mass is 10.3. The summed E-state index contributed by atoms with van der Waals surface area (Å²) in [6, 6.07) is 0.264. The van der Waals surface area contributed by atoms with Crippen LogP contribution >= 0.6 is 0 Å². The molecule has 2 heteroatoms. The van der Waals surface area contributed by atoms with Gasteiger partial charge in [0.25, 0.3) is 0 Å². The Hall–Kier alpha value is -0.500. The molecule has 1 aliphatic rings. The quantitative estimate of drug-likeness (QED) is 0.440. The van der Waals surface area contributed by atoms with E-state index in [9.17, 15) is 0 Å². The normalized spacial score (nSPS) is 29.4. The molecular formula is C5H8NO. The number of hydrogen-bond acceptors (Lipinski definition) is 1. The predicted molar refractivity (Wildman–Crippen MR) is 26.4 cm³/mol. The van der Waals surface area contributed by atoms with Gasteiger partial charge in [-0.2, -0.15) is 0 Å². The van der Waals surface area contributed by atoms with Crippen molar-refractivity contribution in [3.63, 3.8) is 0 Å². The molecule has 0 amide bonds. The van der Waals surface area contributed by atoms with Crippen LogP contribution in [0.3, 0.4) is 0 Å². The van der Waals surface area contributed by atoms with E-state index in [1.807, 2.05) is 19.9 Å². The van der Waals surface area contributed by atoms with Gasteiger partial charge >= 0.3 is 0 Å². The summed E-state index contributed by atoms with van der Waals surface area (Å²) in [5.74, 6) is 0.910. The third-order valence-electron chi connectivity index (χ3n) is 0.839. The fourth-order valence-electron chi connectivity index (χ4n) is 0.567. The molecule has 1 aliphatic heterocycles. The maximum atomic E-state index is 4.75. The van der Waals surface area contributed by atoms with Crippen molar-refractivity contribution in [3.8, 4) is 0 Å². The molecule has 0 aromatic rings. The first-order valence-corrected chi connectivity index (χ1v) is 2.34. The van der Waals surface area contributed by atoms with E-state index in [0.717, 1.165) is 5.76 Å². The minimum Gasteiger partial charge on any atom is -0.393 e. The zero-order chi connectivity index (χ0) is 5.28. The Labute approximate surface area is 43.1 Å². The smallest absolute Gasteiger partial charge is 0.121 e. The summed E-state index contributed by atoms with van der Waals surface area (Å²) in [6.45, 7) is 3.88. The maximum Gasteiger partial charge on any atom is 0.121 e. The van der Waals surface area contributed by atoms with Gasteiger partial charge in [-0.25, -0.2) is 0 Å². The van der Waals surface area contributed by atoms with E-state index in [2.05, 4.69) is 5.48 Å². The highest BCUT2D eigenvalue weighted by molar-refractivity contribution is 4.98. The molecule has 1 radical (unpaired) electrons. The fourth-order valence-corrected chi connectivity index (χ4v) is 0.567. The van der Waals surface area contributed by atoms with Crippen LogP contribution in [0.5, 0.6) is 0 Å². The van der Waals surface area contributed by atoms with Crippen LogP contribution in [0, 0.1) is 0 Å². The van der Waals surface area contributed by atoms with Gasteiger partial charge in [-0.1, -0.05) is 0 Å². The van der Waals surface area contributed by atoms with E-state index in [1.165, 1.54) is 0 Å². The summed E-state index contributed by atoms with van der Waals surface area (Å²) in [4.78, 5) is 4.75. The van der Waals surface area contributed by atoms with Crippen molar-refractivity contribution in [1.29, 1.82) is 0 Å². The van der Waals surface area contributed by atoms with Crippen molar-refractivity contribution in [2.75, 3.05) is 0 Å². The van der Waals surface area contributed by atoms with Crippen LogP contribution in [0.4, 0.5) is 0 Å². The summed E-state index contributed by atoms with van der Waals surface area (Å²) in [7, 11) is 0. The Morgan fingerprint density at radius 2 is 2.57 bits per heavy atom. The van der Waals surface area contributed by atoms with E-state index in [-0.39, 0.29) is 6.04 Å². The van der Waals surface area contributed by atoms with Gasteiger partial charge in [0.05, 0.1) is 6.04 Å². The molecule has 0 saturated carbocycles. The summed E-state index contributed by atoms with van der Waals surface area (Å²) in [5, 5.41) is 0. The average molecular weight is 98.1 g/mol. The van der Waals surface area contributed by atoms with E-state index in [1.54, 1.807) is 0 Å². The van der Waals surface area contributed by atoms with E-state index in [4.69, 9.17) is 4.84 Å². The van der Waals surface area contributed by atoms with Crippen molar-refractivity contribution < 1.29 is 4.84 Å². The first kappa shape index (κ1) is 4.65. The number of hydroxylamine groups is 1. The highest BCUT2D eigenvalue weighted by atomic mass is 16.7. The van der Waals surface area contributed by atoms with Crippen molar-refractivity contribution in [2.24, 2.45) is 0 Å². The largest absolute Gasteiger partial charge is 0.393 e. The molecule has 1 heterocycles. The SMILES string of the molecule is CC1=CC(C)[N]O1. The van der Waals surface area contributed by atoms with Gasteiger partial charge in [0, 0.05) is 0 Å². The second kappa shape index (κ2) is 1.54. The Balaban J connectivity index is 2.50. The zero-order valence-electron chi connectivity index (χ0n) is 4.51. The van der Waals surface area contributed by atoms with Gasteiger partial charge < -0.3 is 4.84 Å². The molecule has 2 nitrogen and oxygen atoms in total. The van der Waals surface area contributed by atoms with Crippen LogP contribution in [-0.2, 0) is 4.84 Å². The van der Waals surface area contributed by atoms with Crippen molar-refractivity contribution in [2.45, 2.75) is 19.9 Å². The summed E-state index contributed by atoms with van der Waals surface area (Å²) in [6.07, 6.45) is 1.97. The Bertz CT molecular complexity index is 98.3. The molecule has 0 fully saturated rings. The predicted octanol–water partition coefficient (Wildman–Crippen LogP) is 0.828. The second-order valence-electron chi connectivity index (χ2n) is 1.71. The van der Waals surface area contributed by atoms with Crippen LogP contribution < -0.4 is 5.48 Å². The molecule has 1 atom stereocenters. The lowest BCUT2D eigenvalue weighted by molar-refractivity contribution is 0.112. The van der Waals surface area contributed by atoms with Crippen molar-refractivity contribution in [3.05, 3.63) is 11.8 Å². The number of allylic oxidation sites excluding steroid dienone is 1. The minimum atomic E-state index is 0.264. The maximum absolute atomic E-state index is 4.75. The van der Waals surface area contributed by atoms with Crippen LogP contribution in [0.2, 0.25) is 0 Å². The topological polar surface area (TPSA) is 23.3 Å². The summed E-state index contributed by atoms with van der Waals surface area (Å²) in [5.41, 5.74) is 3.72. The molecular weight excluding hydrogens is 90.1 g/mol. The zero-order valence-corrected chi connectivity index (χ0v) is 4.51. The first-order chi connectivity index (χ1) is 3.29. The third kappa shape index (κ3) is 0.933. The highest BCUT2D eigenvalue weighted by Gasteiger charge is 2.08. The van der Waals surface area contributed by atoms with Gasteiger partial charge in [-0.3, -0.25) is 0 Å².